The van der Waals surface area contributed by atoms with Crippen molar-refractivity contribution in [3.8, 4) is 0 Å². The molecular weight excluding hydrogens is 292 g/mol. The molecule has 2 heterocycles. The lowest BCUT2D eigenvalue weighted by Gasteiger charge is -2.38. The second-order valence-electron chi connectivity index (χ2n) is 7.10. The summed E-state index contributed by atoms with van der Waals surface area (Å²) in [6.07, 6.45) is 6.12. The van der Waals surface area contributed by atoms with Crippen LogP contribution in [0.5, 0.6) is 0 Å². The van der Waals surface area contributed by atoms with Gasteiger partial charge in [-0.05, 0) is 37.0 Å². The summed E-state index contributed by atoms with van der Waals surface area (Å²) in [5.74, 6) is 0.822. The second-order valence-corrected chi connectivity index (χ2v) is 8.21. The number of rotatable bonds is 3. The molecule has 3 unspecified atom stereocenters. The molecule has 0 aliphatic carbocycles. The number of hydrogen-bond acceptors (Lipinski definition) is 2. The van der Waals surface area contributed by atoms with E-state index in [-0.39, 0.29) is 5.60 Å². The summed E-state index contributed by atoms with van der Waals surface area (Å²) < 4.78 is 11.5. The lowest BCUT2D eigenvalue weighted by molar-refractivity contribution is -0.0990. The van der Waals surface area contributed by atoms with Crippen LogP contribution in [0.2, 0.25) is 0 Å². The third-order valence-corrected chi connectivity index (χ3v) is 6.26. The smallest absolute Gasteiger partial charge is 0.0939 e. The number of halogens is 1. The van der Waals surface area contributed by atoms with Gasteiger partial charge >= 0.3 is 0 Å². The van der Waals surface area contributed by atoms with Crippen molar-refractivity contribution >= 4 is 15.9 Å². The van der Waals surface area contributed by atoms with Crippen molar-refractivity contribution in [3.63, 3.8) is 0 Å². The Labute approximate surface area is 120 Å². The first kappa shape index (κ1) is 14.8. The van der Waals surface area contributed by atoms with Crippen molar-refractivity contribution in [2.24, 2.45) is 11.3 Å². The second kappa shape index (κ2) is 5.80. The fraction of sp³-hybridized carbons (Fsp3) is 1.00. The van der Waals surface area contributed by atoms with Crippen LogP contribution in [0.15, 0.2) is 0 Å². The summed E-state index contributed by atoms with van der Waals surface area (Å²) >= 11 is 3.84. The van der Waals surface area contributed by atoms with Gasteiger partial charge in [-0.3, -0.25) is 0 Å². The molecule has 0 bridgehead atoms. The van der Waals surface area contributed by atoms with Gasteiger partial charge in [0.15, 0.2) is 0 Å². The Morgan fingerprint density at radius 1 is 1.33 bits per heavy atom. The normalized spacial score (nSPS) is 35.0. The zero-order valence-corrected chi connectivity index (χ0v) is 13.6. The Bertz CT molecular complexity index is 266. The van der Waals surface area contributed by atoms with Gasteiger partial charge in [0.1, 0.15) is 0 Å². The molecule has 2 nitrogen and oxygen atoms in total. The van der Waals surface area contributed by atoms with Crippen molar-refractivity contribution in [1.29, 1.82) is 0 Å². The topological polar surface area (TPSA) is 18.5 Å². The molecule has 0 aromatic rings. The molecule has 3 atom stereocenters. The minimum atomic E-state index is 0.0759. The summed E-state index contributed by atoms with van der Waals surface area (Å²) in [5, 5.41) is 0. The summed E-state index contributed by atoms with van der Waals surface area (Å²) in [7, 11) is 0. The molecule has 0 aromatic carbocycles. The molecular formula is C15H27BrO2. The molecule has 0 amide bonds. The van der Waals surface area contributed by atoms with E-state index in [2.05, 4.69) is 36.7 Å². The Kier molecular flexibility index (Phi) is 4.77. The highest BCUT2D eigenvalue weighted by Gasteiger charge is 2.40. The van der Waals surface area contributed by atoms with E-state index in [1.165, 1.54) is 25.7 Å². The summed E-state index contributed by atoms with van der Waals surface area (Å²) in [4.78, 5) is 0.614. The molecule has 2 rings (SSSR count). The van der Waals surface area contributed by atoms with Gasteiger partial charge in [-0.2, -0.15) is 0 Å². The average Bonchev–Trinajstić information content (AvgIpc) is 2.73. The fourth-order valence-electron chi connectivity index (χ4n) is 3.05. The Morgan fingerprint density at radius 2 is 2.11 bits per heavy atom. The minimum absolute atomic E-state index is 0.0759. The molecule has 18 heavy (non-hydrogen) atoms. The molecule has 3 heteroatoms. The maximum absolute atomic E-state index is 5.99. The highest BCUT2D eigenvalue weighted by atomic mass is 79.9. The first-order valence-corrected chi connectivity index (χ1v) is 8.19. The van der Waals surface area contributed by atoms with Crippen LogP contribution in [0.3, 0.4) is 0 Å². The Balaban J connectivity index is 1.79. The van der Waals surface area contributed by atoms with Gasteiger partial charge < -0.3 is 9.47 Å². The van der Waals surface area contributed by atoms with E-state index < -0.39 is 0 Å². The van der Waals surface area contributed by atoms with Crippen molar-refractivity contribution in [1.82, 2.24) is 0 Å². The monoisotopic (exact) mass is 318 g/mol. The van der Waals surface area contributed by atoms with Crippen LogP contribution in [0.25, 0.3) is 0 Å². The maximum Gasteiger partial charge on any atom is 0.0939 e. The summed E-state index contributed by atoms with van der Waals surface area (Å²) in [6, 6.07) is 0. The van der Waals surface area contributed by atoms with Crippen LogP contribution in [-0.4, -0.2) is 30.2 Å². The van der Waals surface area contributed by atoms with E-state index in [4.69, 9.17) is 9.47 Å². The van der Waals surface area contributed by atoms with Gasteiger partial charge in [-0.25, -0.2) is 0 Å². The van der Waals surface area contributed by atoms with Gasteiger partial charge in [-0.1, -0.05) is 36.7 Å². The predicted molar refractivity (Wildman–Crippen MR) is 78.2 cm³/mol. The predicted octanol–water partition coefficient (Wildman–Crippen LogP) is 4.16. The van der Waals surface area contributed by atoms with Crippen LogP contribution >= 0.6 is 15.9 Å². The highest BCUT2D eigenvalue weighted by Crippen LogP contribution is 2.39. The van der Waals surface area contributed by atoms with Crippen molar-refractivity contribution < 1.29 is 9.47 Å². The largest absolute Gasteiger partial charge is 0.378 e. The fourth-order valence-corrected chi connectivity index (χ4v) is 3.32. The summed E-state index contributed by atoms with van der Waals surface area (Å²) in [5.41, 5.74) is 0.436. The first-order valence-electron chi connectivity index (χ1n) is 7.27. The highest BCUT2D eigenvalue weighted by molar-refractivity contribution is 9.09. The molecule has 2 aliphatic rings. The third kappa shape index (κ3) is 3.71. The van der Waals surface area contributed by atoms with Gasteiger partial charge in [0.25, 0.3) is 0 Å². The SMILES string of the molecule is CC(C)(C)C(Br)CCC1CCOC2(CCOC2)C1. The van der Waals surface area contributed by atoms with Crippen LogP contribution in [0.1, 0.15) is 52.9 Å². The van der Waals surface area contributed by atoms with E-state index in [0.717, 1.165) is 32.2 Å². The molecule has 0 N–H and O–H groups in total. The lowest BCUT2D eigenvalue weighted by Crippen LogP contribution is -2.40. The minimum Gasteiger partial charge on any atom is -0.378 e. The molecule has 2 aliphatic heterocycles. The van der Waals surface area contributed by atoms with Crippen LogP contribution in [0.4, 0.5) is 0 Å². The maximum atomic E-state index is 5.99. The van der Waals surface area contributed by atoms with E-state index in [9.17, 15) is 0 Å². The number of ether oxygens (including phenoxy) is 2. The molecule has 0 saturated carbocycles. The van der Waals surface area contributed by atoms with Crippen molar-refractivity contribution in [3.05, 3.63) is 0 Å². The molecule has 2 fully saturated rings. The van der Waals surface area contributed by atoms with E-state index in [0.29, 0.717) is 10.2 Å². The van der Waals surface area contributed by atoms with Gasteiger partial charge in [0, 0.05) is 24.5 Å². The first-order chi connectivity index (χ1) is 8.41. The molecule has 0 aromatic heterocycles. The molecule has 106 valence electrons. The lowest BCUT2D eigenvalue weighted by atomic mass is 9.80. The zero-order valence-electron chi connectivity index (χ0n) is 12.0. The van der Waals surface area contributed by atoms with E-state index in [1.54, 1.807) is 0 Å². The van der Waals surface area contributed by atoms with Gasteiger partial charge in [-0.15, -0.1) is 0 Å². The van der Waals surface area contributed by atoms with Crippen LogP contribution < -0.4 is 0 Å². The molecule has 1 spiro atoms. The van der Waals surface area contributed by atoms with Crippen molar-refractivity contribution in [2.75, 3.05) is 19.8 Å². The Hall–Kier alpha value is 0.400. The third-order valence-electron chi connectivity index (χ3n) is 4.43. The molecule has 0 radical (unpaired) electrons. The quantitative estimate of drug-likeness (QED) is 0.727. The van der Waals surface area contributed by atoms with Crippen LogP contribution in [0, 0.1) is 11.3 Å². The van der Waals surface area contributed by atoms with E-state index in [1.807, 2.05) is 0 Å². The van der Waals surface area contributed by atoms with E-state index >= 15 is 0 Å². The summed E-state index contributed by atoms with van der Waals surface area (Å²) in [6.45, 7) is 9.56. The standard InChI is InChI=1S/C15H27BrO2/c1-14(2,3)13(16)5-4-12-6-8-18-15(10-12)7-9-17-11-15/h12-13H,4-11H2,1-3H3. The number of alkyl halides is 1. The van der Waals surface area contributed by atoms with Gasteiger partial charge in [0.05, 0.1) is 12.2 Å². The Morgan fingerprint density at radius 3 is 2.72 bits per heavy atom. The molecule has 2 saturated heterocycles. The average molecular weight is 319 g/mol. The van der Waals surface area contributed by atoms with Crippen molar-refractivity contribution in [2.45, 2.75) is 63.3 Å². The van der Waals surface area contributed by atoms with Gasteiger partial charge in [0.2, 0.25) is 0 Å². The zero-order chi connectivity index (χ0) is 13.2. The number of hydrogen-bond donors (Lipinski definition) is 0. The van der Waals surface area contributed by atoms with Crippen LogP contribution in [-0.2, 0) is 9.47 Å².